The maximum absolute atomic E-state index is 13.5. The number of aromatic amines is 1. The standard InChI is InChI=1S/C24H21FN2O2/c1-15-7-13-18(14-8-15)26-23(24(28)29-2)21-19-5-3-4-6-20(19)27-22(21)16-9-11-17(25)12-10-16/h3-14,23,26-27H,1-2H3. The monoisotopic (exact) mass is 388 g/mol. The molecule has 1 unspecified atom stereocenters. The van der Waals surface area contributed by atoms with Crippen LogP contribution in [0, 0.1) is 12.7 Å². The van der Waals surface area contributed by atoms with Crippen LogP contribution in [0.1, 0.15) is 17.2 Å². The third-order valence-corrected chi connectivity index (χ3v) is 4.97. The predicted octanol–water partition coefficient (Wildman–Crippen LogP) is 5.61. The number of halogens is 1. The van der Waals surface area contributed by atoms with Crippen LogP contribution in [-0.2, 0) is 9.53 Å². The molecule has 2 N–H and O–H groups in total. The number of aromatic nitrogens is 1. The van der Waals surface area contributed by atoms with Crippen molar-refractivity contribution in [3.05, 3.63) is 89.7 Å². The van der Waals surface area contributed by atoms with Gasteiger partial charge in [-0.25, -0.2) is 9.18 Å². The van der Waals surface area contributed by atoms with Crippen LogP contribution >= 0.6 is 0 Å². The van der Waals surface area contributed by atoms with Crippen LogP contribution in [-0.4, -0.2) is 18.1 Å². The van der Waals surface area contributed by atoms with Crippen molar-refractivity contribution in [1.82, 2.24) is 4.98 Å². The zero-order valence-electron chi connectivity index (χ0n) is 16.2. The molecule has 3 aromatic carbocycles. The van der Waals surface area contributed by atoms with E-state index in [0.717, 1.165) is 39.0 Å². The fraction of sp³-hybridized carbons (Fsp3) is 0.125. The van der Waals surface area contributed by atoms with E-state index in [9.17, 15) is 9.18 Å². The molecule has 1 aromatic heterocycles. The topological polar surface area (TPSA) is 54.1 Å². The molecule has 0 saturated heterocycles. The lowest BCUT2D eigenvalue weighted by atomic mass is 9.98. The number of hydrogen-bond acceptors (Lipinski definition) is 3. The molecular formula is C24H21FN2O2. The molecule has 5 heteroatoms. The van der Waals surface area contributed by atoms with E-state index in [-0.39, 0.29) is 5.82 Å². The lowest BCUT2D eigenvalue weighted by molar-refractivity contribution is -0.141. The number of carbonyl (C=O) groups is 1. The molecule has 4 aromatic rings. The maximum atomic E-state index is 13.5. The highest BCUT2D eigenvalue weighted by Crippen LogP contribution is 2.37. The number of anilines is 1. The number of H-pyrrole nitrogens is 1. The second kappa shape index (κ2) is 7.80. The number of carbonyl (C=O) groups excluding carboxylic acids is 1. The third kappa shape index (κ3) is 3.72. The first kappa shape index (κ1) is 18.7. The average molecular weight is 388 g/mol. The van der Waals surface area contributed by atoms with Crippen molar-refractivity contribution in [1.29, 1.82) is 0 Å². The van der Waals surface area contributed by atoms with Crippen LogP contribution < -0.4 is 5.32 Å². The van der Waals surface area contributed by atoms with Gasteiger partial charge in [0.05, 0.1) is 12.8 Å². The summed E-state index contributed by atoms with van der Waals surface area (Å²) in [5.41, 5.74) is 5.13. The van der Waals surface area contributed by atoms with Crippen LogP contribution in [0.5, 0.6) is 0 Å². The second-order valence-corrected chi connectivity index (χ2v) is 6.93. The van der Waals surface area contributed by atoms with E-state index >= 15 is 0 Å². The Balaban J connectivity index is 1.89. The molecule has 0 fully saturated rings. The zero-order valence-corrected chi connectivity index (χ0v) is 16.2. The van der Waals surface area contributed by atoms with E-state index in [1.807, 2.05) is 55.5 Å². The number of methoxy groups -OCH3 is 1. The molecule has 0 aliphatic rings. The SMILES string of the molecule is COC(=O)C(Nc1ccc(C)cc1)c1c(-c2ccc(F)cc2)[nH]c2ccccc12. The Kier molecular flexibility index (Phi) is 5.04. The van der Waals surface area contributed by atoms with E-state index < -0.39 is 12.0 Å². The molecular weight excluding hydrogens is 367 g/mol. The van der Waals surface area contributed by atoms with Gasteiger partial charge in [0.15, 0.2) is 6.04 Å². The van der Waals surface area contributed by atoms with Gasteiger partial charge < -0.3 is 15.0 Å². The largest absolute Gasteiger partial charge is 0.467 e. The minimum absolute atomic E-state index is 0.311. The first-order chi connectivity index (χ1) is 14.1. The molecule has 146 valence electrons. The van der Waals surface area contributed by atoms with Gasteiger partial charge >= 0.3 is 5.97 Å². The van der Waals surface area contributed by atoms with Gasteiger partial charge in [0.2, 0.25) is 0 Å². The van der Waals surface area contributed by atoms with Crippen LogP contribution in [0.2, 0.25) is 0 Å². The normalized spacial score (nSPS) is 12.0. The number of esters is 1. The number of para-hydroxylation sites is 1. The van der Waals surface area contributed by atoms with Crippen molar-refractivity contribution in [2.45, 2.75) is 13.0 Å². The number of rotatable bonds is 5. The highest BCUT2D eigenvalue weighted by atomic mass is 19.1. The van der Waals surface area contributed by atoms with E-state index in [1.54, 1.807) is 12.1 Å². The number of benzene rings is 3. The molecule has 1 heterocycles. The average Bonchev–Trinajstić information content (AvgIpc) is 3.12. The van der Waals surface area contributed by atoms with E-state index in [2.05, 4.69) is 10.3 Å². The highest BCUT2D eigenvalue weighted by molar-refractivity contribution is 5.97. The molecule has 0 saturated carbocycles. The zero-order chi connectivity index (χ0) is 20.4. The molecule has 0 spiro atoms. The number of hydrogen-bond donors (Lipinski definition) is 2. The fourth-order valence-corrected chi connectivity index (χ4v) is 3.49. The molecule has 0 radical (unpaired) electrons. The van der Waals surface area contributed by atoms with Crippen LogP contribution in [0.3, 0.4) is 0 Å². The predicted molar refractivity (Wildman–Crippen MR) is 113 cm³/mol. The summed E-state index contributed by atoms with van der Waals surface area (Å²) in [5.74, 6) is -0.715. The van der Waals surface area contributed by atoms with Gasteiger partial charge in [-0.2, -0.15) is 0 Å². The Morgan fingerprint density at radius 1 is 1.00 bits per heavy atom. The first-order valence-electron chi connectivity index (χ1n) is 9.34. The second-order valence-electron chi connectivity index (χ2n) is 6.93. The molecule has 0 amide bonds. The number of aryl methyl sites for hydroxylation is 1. The van der Waals surface area contributed by atoms with Crippen molar-refractivity contribution in [3.8, 4) is 11.3 Å². The van der Waals surface area contributed by atoms with Gasteiger partial charge in [-0.3, -0.25) is 0 Å². The first-order valence-corrected chi connectivity index (χ1v) is 9.34. The Morgan fingerprint density at radius 2 is 1.69 bits per heavy atom. The smallest absolute Gasteiger partial charge is 0.333 e. The Hall–Kier alpha value is -3.60. The van der Waals surface area contributed by atoms with Gasteiger partial charge in [0.1, 0.15) is 5.82 Å². The molecule has 0 aliphatic carbocycles. The van der Waals surface area contributed by atoms with Crippen molar-refractivity contribution in [2.24, 2.45) is 0 Å². The van der Waals surface area contributed by atoms with E-state index in [4.69, 9.17) is 4.74 Å². The summed E-state index contributed by atoms with van der Waals surface area (Å²) >= 11 is 0. The summed E-state index contributed by atoms with van der Waals surface area (Å²) in [4.78, 5) is 16.2. The lowest BCUT2D eigenvalue weighted by Crippen LogP contribution is -2.22. The minimum Gasteiger partial charge on any atom is -0.467 e. The molecule has 0 bridgehead atoms. The molecule has 29 heavy (non-hydrogen) atoms. The molecule has 0 aliphatic heterocycles. The number of nitrogens with one attached hydrogen (secondary N) is 2. The third-order valence-electron chi connectivity index (χ3n) is 4.97. The summed E-state index contributed by atoms with van der Waals surface area (Å²) in [6.45, 7) is 2.01. The molecule has 4 nitrogen and oxygen atoms in total. The fourth-order valence-electron chi connectivity index (χ4n) is 3.49. The van der Waals surface area contributed by atoms with Gasteiger partial charge in [-0.1, -0.05) is 35.9 Å². The molecule has 1 atom stereocenters. The van der Waals surface area contributed by atoms with Crippen molar-refractivity contribution >= 4 is 22.6 Å². The van der Waals surface area contributed by atoms with Gasteiger partial charge in [-0.15, -0.1) is 0 Å². The molecule has 4 rings (SSSR count). The van der Waals surface area contributed by atoms with Gasteiger partial charge in [0.25, 0.3) is 0 Å². The Labute approximate surface area is 168 Å². The van der Waals surface area contributed by atoms with E-state index in [1.165, 1.54) is 19.2 Å². The van der Waals surface area contributed by atoms with Gasteiger partial charge in [-0.05, 0) is 55.0 Å². The van der Waals surface area contributed by atoms with Gasteiger partial charge in [0, 0.05) is 22.2 Å². The van der Waals surface area contributed by atoms with Crippen LogP contribution in [0.4, 0.5) is 10.1 Å². The Bertz CT molecular complexity index is 1150. The summed E-state index contributed by atoms with van der Waals surface area (Å²) in [5, 5.41) is 4.21. The van der Waals surface area contributed by atoms with Crippen LogP contribution in [0.15, 0.2) is 72.8 Å². The maximum Gasteiger partial charge on any atom is 0.333 e. The number of fused-ring (bicyclic) bond motifs is 1. The van der Waals surface area contributed by atoms with Crippen molar-refractivity contribution in [3.63, 3.8) is 0 Å². The van der Waals surface area contributed by atoms with E-state index in [0.29, 0.717) is 0 Å². The highest BCUT2D eigenvalue weighted by Gasteiger charge is 2.28. The summed E-state index contributed by atoms with van der Waals surface area (Å²) < 4.78 is 18.6. The summed E-state index contributed by atoms with van der Waals surface area (Å²) in [6, 6.07) is 21.1. The van der Waals surface area contributed by atoms with Crippen molar-refractivity contribution in [2.75, 3.05) is 12.4 Å². The minimum atomic E-state index is -0.737. The Morgan fingerprint density at radius 3 is 2.38 bits per heavy atom. The van der Waals surface area contributed by atoms with Crippen molar-refractivity contribution < 1.29 is 13.9 Å². The summed E-state index contributed by atoms with van der Waals surface area (Å²) in [6.07, 6.45) is 0. The number of ether oxygens (including phenoxy) is 1. The quantitative estimate of drug-likeness (QED) is 0.437. The lowest BCUT2D eigenvalue weighted by Gasteiger charge is -2.19. The summed E-state index contributed by atoms with van der Waals surface area (Å²) in [7, 11) is 1.37. The van der Waals surface area contributed by atoms with Crippen LogP contribution in [0.25, 0.3) is 22.2 Å².